The molecule has 7 heteroatoms. The Labute approximate surface area is 122 Å². The SMILES string of the molecule is NCC[C@@H](O)[C@H]1CN(c2ccc3c(c2)OCCO3)C(=O)O1. The van der Waals surface area contributed by atoms with Gasteiger partial charge < -0.3 is 25.1 Å². The topological polar surface area (TPSA) is 94.3 Å². The van der Waals surface area contributed by atoms with Gasteiger partial charge in [0.2, 0.25) is 0 Å². The van der Waals surface area contributed by atoms with Crippen LogP contribution >= 0.6 is 0 Å². The van der Waals surface area contributed by atoms with Crippen molar-refractivity contribution in [2.45, 2.75) is 18.6 Å². The predicted octanol–water partition coefficient (Wildman–Crippen LogP) is 0.493. The highest BCUT2D eigenvalue weighted by Gasteiger charge is 2.36. The van der Waals surface area contributed by atoms with Crippen LogP contribution in [0.4, 0.5) is 10.5 Å². The molecule has 0 radical (unpaired) electrons. The third kappa shape index (κ3) is 2.74. The first kappa shape index (κ1) is 14.0. The molecule has 21 heavy (non-hydrogen) atoms. The molecule has 1 amide bonds. The number of carbonyl (C=O) groups is 1. The van der Waals surface area contributed by atoms with Crippen LogP contribution in [0.15, 0.2) is 18.2 Å². The molecule has 0 aliphatic carbocycles. The molecule has 2 aliphatic rings. The standard InChI is InChI=1S/C14H18N2O5/c15-4-3-10(17)13-8-16(14(18)21-13)9-1-2-11-12(7-9)20-6-5-19-11/h1-2,7,10,13,17H,3-6,8,15H2/t10-,13-/m1/s1. The van der Waals surface area contributed by atoms with Crippen molar-refractivity contribution in [2.24, 2.45) is 5.73 Å². The Morgan fingerprint density at radius 3 is 2.86 bits per heavy atom. The van der Waals surface area contributed by atoms with Crippen molar-refractivity contribution < 1.29 is 24.1 Å². The molecular formula is C14H18N2O5. The lowest BCUT2D eigenvalue weighted by Gasteiger charge is -2.21. The lowest BCUT2D eigenvalue weighted by atomic mass is 10.1. The second-order valence-electron chi connectivity index (χ2n) is 5.01. The number of nitrogens with two attached hydrogens (primary N) is 1. The second kappa shape index (κ2) is 5.79. The van der Waals surface area contributed by atoms with Gasteiger partial charge in [0.15, 0.2) is 11.5 Å². The quantitative estimate of drug-likeness (QED) is 0.839. The second-order valence-corrected chi connectivity index (χ2v) is 5.01. The van der Waals surface area contributed by atoms with Crippen LogP contribution in [0.1, 0.15) is 6.42 Å². The first-order valence-corrected chi connectivity index (χ1v) is 6.95. The summed E-state index contributed by atoms with van der Waals surface area (Å²) in [5, 5.41) is 9.89. The van der Waals surface area contributed by atoms with E-state index in [1.807, 2.05) is 0 Å². The summed E-state index contributed by atoms with van der Waals surface area (Å²) in [5.41, 5.74) is 6.07. The highest BCUT2D eigenvalue weighted by atomic mass is 16.6. The van der Waals surface area contributed by atoms with Crippen molar-refractivity contribution in [3.8, 4) is 11.5 Å². The van der Waals surface area contributed by atoms with E-state index in [0.29, 0.717) is 49.9 Å². The van der Waals surface area contributed by atoms with E-state index in [4.69, 9.17) is 19.9 Å². The summed E-state index contributed by atoms with van der Waals surface area (Å²) in [6.07, 6.45) is -1.39. The van der Waals surface area contributed by atoms with Crippen LogP contribution in [0.5, 0.6) is 11.5 Å². The third-order valence-corrected chi connectivity index (χ3v) is 3.56. The number of amides is 1. The number of ether oxygens (including phenoxy) is 3. The van der Waals surface area contributed by atoms with E-state index in [1.165, 1.54) is 4.90 Å². The lowest BCUT2D eigenvalue weighted by molar-refractivity contribution is 0.0294. The summed E-state index contributed by atoms with van der Waals surface area (Å²) < 4.78 is 16.1. The van der Waals surface area contributed by atoms with E-state index in [-0.39, 0.29) is 0 Å². The van der Waals surface area contributed by atoms with Gasteiger partial charge in [-0.3, -0.25) is 4.90 Å². The Morgan fingerprint density at radius 2 is 2.10 bits per heavy atom. The highest BCUT2D eigenvalue weighted by Crippen LogP contribution is 2.35. The molecule has 1 saturated heterocycles. The molecule has 0 unspecified atom stereocenters. The van der Waals surface area contributed by atoms with E-state index < -0.39 is 18.3 Å². The van der Waals surface area contributed by atoms with Gasteiger partial charge in [-0.1, -0.05) is 0 Å². The molecule has 2 heterocycles. The largest absolute Gasteiger partial charge is 0.486 e. The average molecular weight is 294 g/mol. The van der Waals surface area contributed by atoms with E-state index in [2.05, 4.69) is 0 Å². The number of hydrogen-bond acceptors (Lipinski definition) is 6. The summed E-state index contributed by atoms with van der Waals surface area (Å²) >= 11 is 0. The number of carbonyl (C=O) groups excluding carboxylic acids is 1. The van der Waals surface area contributed by atoms with Crippen LogP contribution < -0.4 is 20.1 Å². The number of benzene rings is 1. The van der Waals surface area contributed by atoms with Gasteiger partial charge in [0.1, 0.15) is 19.3 Å². The highest BCUT2D eigenvalue weighted by molar-refractivity contribution is 5.90. The minimum atomic E-state index is -0.749. The van der Waals surface area contributed by atoms with Gasteiger partial charge in [-0.25, -0.2) is 4.79 Å². The zero-order valence-electron chi connectivity index (χ0n) is 11.5. The first-order chi connectivity index (χ1) is 10.2. The van der Waals surface area contributed by atoms with Gasteiger partial charge in [0, 0.05) is 6.07 Å². The smallest absolute Gasteiger partial charge is 0.414 e. The zero-order chi connectivity index (χ0) is 14.8. The Kier molecular flexibility index (Phi) is 3.85. The summed E-state index contributed by atoms with van der Waals surface area (Å²) in [4.78, 5) is 13.4. The Balaban J connectivity index is 1.76. The van der Waals surface area contributed by atoms with E-state index >= 15 is 0 Å². The summed E-state index contributed by atoms with van der Waals surface area (Å²) in [7, 11) is 0. The Hall–Kier alpha value is -1.99. The van der Waals surface area contributed by atoms with E-state index in [0.717, 1.165) is 0 Å². The van der Waals surface area contributed by atoms with Gasteiger partial charge >= 0.3 is 6.09 Å². The molecule has 7 nitrogen and oxygen atoms in total. The number of hydrogen-bond donors (Lipinski definition) is 2. The number of aliphatic hydroxyl groups excluding tert-OH is 1. The van der Waals surface area contributed by atoms with Crippen molar-refractivity contribution in [1.82, 2.24) is 0 Å². The summed E-state index contributed by atoms with van der Waals surface area (Å²) in [6, 6.07) is 5.28. The van der Waals surface area contributed by atoms with E-state index in [1.54, 1.807) is 18.2 Å². The molecule has 0 bridgehead atoms. The molecule has 2 atom stereocenters. The number of aliphatic hydroxyl groups is 1. The van der Waals surface area contributed by atoms with Crippen molar-refractivity contribution >= 4 is 11.8 Å². The molecular weight excluding hydrogens is 276 g/mol. The molecule has 1 aromatic carbocycles. The van der Waals surface area contributed by atoms with Crippen LogP contribution in [0.25, 0.3) is 0 Å². The predicted molar refractivity (Wildman–Crippen MR) is 74.7 cm³/mol. The number of cyclic esters (lactones) is 1. The maximum Gasteiger partial charge on any atom is 0.414 e. The first-order valence-electron chi connectivity index (χ1n) is 6.95. The van der Waals surface area contributed by atoms with Crippen molar-refractivity contribution in [1.29, 1.82) is 0 Å². The Morgan fingerprint density at radius 1 is 1.33 bits per heavy atom. The minimum Gasteiger partial charge on any atom is -0.486 e. The number of nitrogens with zero attached hydrogens (tertiary/aromatic N) is 1. The maximum absolute atomic E-state index is 12.0. The number of rotatable bonds is 4. The van der Waals surface area contributed by atoms with Gasteiger partial charge in [0.25, 0.3) is 0 Å². The monoisotopic (exact) mass is 294 g/mol. The van der Waals surface area contributed by atoms with Crippen molar-refractivity contribution in [3.05, 3.63) is 18.2 Å². The minimum absolute atomic E-state index is 0.291. The summed E-state index contributed by atoms with van der Waals surface area (Å²) in [5.74, 6) is 1.27. The van der Waals surface area contributed by atoms with Crippen LogP contribution in [0, 0.1) is 0 Å². The van der Waals surface area contributed by atoms with Crippen LogP contribution in [-0.2, 0) is 4.74 Å². The third-order valence-electron chi connectivity index (χ3n) is 3.56. The van der Waals surface area contributed by atoms with Crippen LogP contribution in [-0.4, -0.2) is 49.7 Å². The normalized spacial score (nSPS) is 22.1. The molecule has 3 rings (SSSR count). The van der Waals surface area contributed by atoms with Crippen LogP contribution in [0.2, 0.25) is 0 Å². The van der Waals surface area contributed by atoms with E-state index in [9.17, 15) is 9.90 Å². The molecule has 114 valence electrons. The van der Waals surface area contributed by atoms with Crippen molar-refractivity contribution in [3.63, 3.8) is 0 Å². The number of anilines is 1. The maximum atomic E-state index is 12.0. The molecule has 0 spiro atoms. The van der Waals surface area contributed by atoms with Gasteiger partial charge in [-0.2, -0.15) is 0 Å². The van der Waals surface area contributed by atoms with Crippen LogP contribution in [0.3, 0.4) is 0 Å². The van der Waals surface area contributed by atoms with Gasteiger partial charge in [0.05, 0.1) is 18.3 Å². The fourth-order valence-electron chi connectivity index (χ4n) is 2.45. The average Bonchev–Trinajstić information content (AvgIpc) is 2.89. The van der Waals surface area contributed by atoms with Crippen molar-refractivity contribution in [2.75, 3.05) is 31.2 Å². The molecule has 0 saturated carbocycles. The molecule has 2 aliphatic heterocycles. The lowest BCUT2D eigenvalue weighted by Crippen LogP contribution is -2.32. The fraction of sp³-hybridized carbons (Fsp3) is 0.500. The Bertz CT molecular complexity index is 536. The summed E-state index contributed by atoms with van der Waals surface area (Å²) in [6.45, 7) is 1.64. The fourth-order valence-corrected chi connectivity index (χ4v) is 2.45. The molecule has 1 aromatic rings. The zero-order valence-corrected chi connectivity index (χ0v) is 11.5. The molecule has 3 N–H and O–H groups in total. The molecule has 0 aromatic heterocycles. The molecule has 1 fully saturated rings. The van der Waals surface area contributed by atoms with Gasteiger partial charge in [-0.05, 0) is 25.1 Å². The number of fused-ring (bicyclic) bond motifs is 1. The van der Waals surface area contributed by atoms with Gasteiger partial charge in [-0.15, -0.1) is 0 Å².